The van der Waals surface area contributed by atoms with Crippen molar-refractivity contribution < 1.29 is 9.53 Å². The maximum Gasteiger partial charge on any atom is 0.230 e. The van der Waals surface area contributed by atoms with Gasteiger partial charge in [-0.3, -0.25) is 4.79 Å². The fourth-order valence-electron chi connectivity index (χ4n) is 3.80. The van der Waals surface area contributed by atoms with Crippen LogP contribution in [0.3, 0.4) is 0 Å². The van der Waals surface area contributed by atoms with E-state index in [0.29, 0.717) is 19.0 Å². The molecule has 0 spiro atoms. The molecule has 1 saturated carbocycles. The molecule has 1 heterocycles. The van der Waals surface area contributed by atoms with Crippen LogP contribution in [0, 0.1) is 13.8 Å². The molecule has 0 saturated heterocycles. The molecule has 1 fully saturated rings. The first-order valence-corrected chi connectivity index (χ1v) is 10.9. The molecule has 0 bridgehead atoms. The first-order chi connectivity index (χ1) is 15.5. The van der Waals surface area contributed by atoms with E-state index in [2.05, 4.69) is 45.0 Å². The van der Waals surface area contributed by atoms with Gasteiger partial charge in [0.05, 0.1) is 12.5 Å². The van der Waals surface area contributed by atoms with E-state index in [1.54, 1.807) is 7.11 Å². The fourth-order valence-corrected chi connectivity index (χ4v) is 3.80. The van der Waals surface area contributed by atoms with E-state index < -0.39 is 5.41 Å². The summed E-state index contributed by atoms with van der Waals surface area (Å²) in [6, 6.07) is 17.8. The number of benzene rings is 2. The summed E-state index contributed by atoms with van der Waals surface area (Å²) in [6.07, 6.45) is 1.67. The van der Waals surface area contributed by atoms with E-state index in [1.807, 2.05) is 49.4 Å². The largest absolute Gasteiger partial charge is 0.496 e. The summed E-state index contributed by atoms with van der Waals surface area (Å²) in [5.74, 6) is 2.05. The van der Waals surface area contributed by atoms with Gasteiger partial charge < -0.3 is 20.7 Å². The van der Waals surface area contributed by atoms with Gasteiger partial charge in [0.1, 0.15) is 11.6 Å². The number of aryl methyl sites for hydroxylation is 2. The maximum absolute atomic E-state index is 12.9. The Morgan fingerprint density at radius 2 is 1.78 bits per heavy atom. The minimum absolute atomic E-state index is 0.0377. The van der Waals surface area contributed by atoms with E-state index in [1.165, 1.54) is 5.56 Å². The number of ether oxygens (including phenoxy) is 1. The Labute approximate surface area is 188 Å². The highest BCUT2D eigenvalue weighted by molar-refractivity contribution is 5.92. The molecule has 3 N–H and O–H groups in total. The molecule has 166 valence electrons. The lowest BCUT2D eigenvalue weighted by atomic mass is 9.94. The minimum Gasteiger partial charge on any atom is -0.496 e. The van der Waals surface area contributed by atoms with Gasteiger partial charge in [0.2, 0.25) is 11.9 Å². The summed E-state index contributed by atoms with van der Waals surface area (Å²) in [5, 5.41) is 9.57. The van der Waals surface area contributed by atoms with Crippen molar-refractivity contribution in [2.45, 2.75) is 32.1 Å². The van der Waals surface area contributed by atoms with Gasteiger partial charge in [-0.05, 0) is 44.9 Å². The lowest BCUT2D eigenvalue weighted by Gasteiger charge is -2.18. The zero-order valence-corrected chi connectivity index (χ0v) is 18.7. The van der Waals surface area contributed by atoms with Crippen LogP contribution in [0.15, 0.2) is 54.6 Å². The van der Waals surface area contributed by atoms with Crippen molar-refractivity contribution in [3.8, 4) is 5.75 Å². The molecular weight excluding hydrogens is 402 g/mol. The molecule has 7 nitrogen and oxygen atoms in total. The second-order valence-electron chi connectivity index (χ2n) is 8.17. The fraction of sp³-hybridized carbons (Fsp3) is 0.320. The second kappa shape index (κ2) is 9.26. The molecule has 7 heteroatoms. The molecular formula is C25H29N5O2. The van der Waals surface area contributed by atoms with Crippen molar-refractivity contribution >= 4 is 23.4 Å². The highest BCUT2D eigenvalue weighted by Gasteiger charge is 2.52. The highest BCUT2D eigenvalue weighted by atomic mass is 16.5. The number of amides is 1. The van der Waals surface area contributed by atoms with Crippen molar-refractivity contribution in [2.24, 2.45) is 0 Å². The molecule has 0 aliphatic heterocycles. The summed E-state index contributed by atoms with van der Waals surface area (Å²) in [4.78, 5) is 21.9. The Hall–Kier alpha value is -3.61. The Bertz CT molecular complexity index is 1090. The summed E-state index contributed by atoms with van der Waals surface area (Å²) in [7, 11) is 1.64. The van der Waals surface area contributed by atoms with Crippen LogP contribution in [-0.4, -0.2) is 36.1 Å². The van der Waals surface area contributed by atoms with Crippen molar-refractivity contribution in [1.29, 1.82) is 0 Å². The lowest BCUT2D eigenvalue weighted by Crippen LogP contribution is -2.37. The second-order valence-corrected chi connectivity index (χ2v) is 8.17. The summed E-state index contributed by atoms with van der Waals surface area (Å²) >= 11 is 0. The van der Waals surface area contributed by atoms with Crippen molar-refractivity contribution in [3.63, 3.8) is 0 Å². The van der Waals surface area contributed by atoms with Gasteiger partial charge in [0.25, 0.3) is 0 Å². The molecule has 0 radical (unpaired) electrons. The van der Waals surface area contributed by atoms with Crippen LogP contribution in [0.25, 0.3) is 0 Å². The minimum atomic E-state index is -0.475. The van der Waals surface area contributed by atoms with E-state index in [0.717, 1.165) is 41.4 Å². The van der Waals surface area contributed by atoms with Gasteiger partial charge in [0, 0.05) is 36.1 Å². The van der Waals surface area contributed by atoms with Gasteiger partial charge in [0.15, 0.2) is 0 Å². The number of para-hydroxylation sites is 1. The number of carbonyl (C=O) groups is 1. The molecule has 0 atom stereocenters. The zero-order valence-electron chi connectivity index (χ0n) is 18.7. The van der Waals surface area contributed by atoms with Crippen molar-refractivity contribution in [2.75, 3.05) is 30.8 Å². The van der Waals surface area contributed by atoms with Crippen LogP contribution < -0.4 is 20.7 Å². The molecule has 2 aromatic carbocycles. The number of aromatic nitrogens is 2. The molecule has 1 aliphatic rings. The monoisotopic (exact) mass is 431 g/mol. The van der Waals surface area contributed by atoms with Gasteiger partial charge in [-0.2, -0.15) is 4.98 Å². The van der Waals surface area contributed by atoms with Crippen molar-refractivity contribution in [3.05, 3.63) is 71.4 Å². The topological polar surface area (TPSA) is 88.2 Å². The predicted octanol–water partition coefficient (Wildman–Crippen LogP) is 4.11. The highest BCUT2D eigenvalue weighted by Crippen LogP contribution is 2.51. The van der Waals surface area contributed by atoms with Crippen LogP contribution in [-0.2, 0) is 10.2 Å². The number of carbonyl (C=O) groups excluding carboxylic acids is 1. The predicted molar refractivity (Wildman–Crippen MR) is 127 cm³/mol. The van der Waals surface area contributed by atoms with E-state index >= 15 is 0 Å². The van der Waals surface area contributed by atoms with Crippen LogP contribution >= 0.6 is 0 Å². The summed E-state index contributed by atoms with van der Waals surface area (Å²) in [5.41, 5.74) is 3.52. The first kappa shape index (κ1) is 21.6. The summed E-state index contributed by atoms with van der Waals surface area (Å²) < 4.78 is 5.46. The molecule has 1 aliphatic carbocycles. The van der Waals surface area contributed by atoms with Crippen molar-refractivity contribution in [1.82, 2.24) is 15.3 Å². The number of methoxy groups -OCH3 is 1. The Balaban J connectivity index is 1.32. The SMILES string of the molecule is COc1ccccc1C1(C(=O)NCCNc2nc(C)cc(Nc3ccc(C)cc3)n2)CC1. The number of rotatable bonds is 9. The zero-order chi connectivity index (χ0) is 22.6. The number of hydrogen-bond acceptors (Lipinski definition) is 6. The third-order valence-corrected chi connectivity index (χ3v) is 5.68. The van der Waals surface area contributed by atoms with Crippen LogP contribution in [0.2, 0.25) is 0 Å². The molecule has 32 heavy (non-hydrogen) atoms. The van der Waals surface area contributed by atoms with Crippen LogP contribution in [0.5, 0.6) is 5.75 Å². The number of nitrogens with one attached hydrogen (secondary N) is 3. The molecule has 0 unspecified atom stereocenters. The Kier molecular flexibility index (Phi) is 6.25. The van der Waals surface area contributed by atoms with Gasteiger partial charge in [-0.25, -0.2) is 4.98 Å². The van der Waals surface area contributed by atoms with E-state index in [-0.39, 0.29) is 5.91 Å². The standard InChI is InChI=1S/C25H29N5O2/c1-17-8-10-19(11-9-17)29-22-16-18(2)28-24(30-22)27-15-14-26-23(31)25(12-13-25)20-6-4-5-7-21(20)32-3/h4-11,16H,12-15H2,1-3H3,(H,26,31)(H2,27,28,29,30). The quantitative estimate of drug-likeness (QED) is 0.442. The van der Waals surface area contributed by atoms with Crippen LogP contribution in [0.4, 0.5) is 17.5 Å². The third-order valence-electron chi connectivity index (χ3n) is 5.68. The molecule has 4 rings (SSSR count). The average molecular weight is 432 g/mol. The van der Waals surface area contributed by atoms with E-state index in [9.17, 15) is 4.79 Å². The van der Waals surface area contributed by atoms with Gasteiger partial charge >= 0.3 is 0 Å². The third kappa shape index (κ3) is 4.82. The molecule has 1 aromatic heterocycles. The summed E-state index contributed by atoms with van der Waals surface area (Å²) in [6.45, 7) is 4.99. The molecule has 1 amide bonds. The van der Waals surface area contributed by atoms with Gasteiger partial charge in [-0.15, -0.1) is 0 Å². The number of nitrogens with zero attached hydrogens (tertiary/aromatic N) is 2. The molecule has 3 aromatic rings. The van der Waals surface area contributed by atoms with Crippen LogP contribution in [0.1, 0.15) is 29.7 Å². The number of anilines is 3. The van der Waals surface area contributed by atoms with Gasteiger partial charge in [-0.1, -0.05) is 35.9 Å². The number of hydrogen-bond donors (Lipinski definition) is 3. The Morgan fingerprint density at radius 1 is 1.03 bits per heavy atom. The maximum atomic E-state index is 12.9. The Morgan fingerprint density at radius 3 is 2.50 bits per heavy atom. The smallest absolute Gasteiger partial charge is 0.230 e. The van der Waals surface area contributed by atoms with E-state index in [4.69, 9.17) is 4.74 Å². The normalized spacial score (nSPS) is 13.8. The average Bonchev–Trinajstić information content (AvgIpc) is 3.60. The lowest BCUT2D eigenvalue weighted by molar-refractivity contribution is -0.123. The first-order valence-electron chi connectivity index (χ1n) is 10.9.